The minimum absolute atomic E-state index is 0.0552. The van der Waals surface area contributed by atoms with E-state index in [1.54, 1.807) is 27.1 Å². The number of likely N-dealkylation sites (N-methyl/N-ethyl adjacent to an activating group) is 1. The number of hydrogen-bond acceptors (Lipinski definition) is 2. The number of rotatable bonds is 6. The van der Waals surface area contributed by atoms with E-state index in [2.05, 4.69) is 12.2 Å². The van der Waals surface area contributed by atoms with Gasteiger partial charge < -0.3 is 10.1 Å². The molecule has 2 nitrogen and oxygen atoms in total. The van der Waals surface area contributed by atoms with Gasteiger partial charge in [0.25, 0.3) is 0 Å². The van der Waals surface area contributed by atoms with Crippen LogP contribution in [0.2, 0.25) is 0 Å². The first-order valence-corrected chi connectivity index (χ1v) is 6.72. The van der Waals surface area contributed by atoms with Crippen molar-refractivity contribution in [2.45, 2.75) is 45.0 Å². The van der Waals surface area contributed by atoms with Crippen molar-refractivity contribution in [3.8, 4) is 0 Å². The minimum Gasteiger partial charge on any atom is -0.379 e. The molecule has 5 heteroatoms. The van der Waals surface area contributed by atoms with Crippen LogP contribution in [0.5, 0.6) is 0 Å². The van der Waals surface area contributed by atoms with Crippen LogP contribution in [0.1, 0.15) is 42.5 Å². The van der Waals surface area contributed by atoms with E-state index in [-0.39, 0.29) is 12.1 Å². The first kappa shape index (κ1) is 17.0. The lowest BCUT2D eigenvalue weighted by Gasteiger charge is -2.27. The molecule has 0 aliphatic heterocycles. The van der Waals surface area contributed by atoms with Gasteiger partial charge in [0.15, 0.2) is 0 Å². The molecule has 0 amide bonds. The highest BCUT2D eigenvalue weighted by Crippen LogP contribution is 2.33. The summed E-state index contributed by atoms with van der Waals surface area (Å²) in [4.78, 5) is 0. The van der Waals surface area contributed by atoms with Crippen LogP contribution >= 0.6 is 0 Å². The predicted octanol–water partition coefficient (Wildman–Crippen LogP) is 4.09. The molecule has 0 heterocycles. The Morgan fingerprint density at radius 2 is 1.95 bits per heavy atom. The highest BCUT2D eigenvalue weighted by atomic mass is 19.4. The molecule has 0 spiro atoms. The van der Waals surface area contributed by atoms with E-state index in [1.165, 1.54) is 6.07 Å². The Morgan fingerprint density at radius 1 is 1.30 bits per heavy atom. The fraction of sp³-hybridized carbons (Fsp3) is 0.600. The van der Waals surface area contributed by atoms with E-state index >= 15 is 0 Å². The average molecular weight is 289 g/mol. The Balaban J connectivity index is 3.10. The number of nitrogens with one attached hydrogen (secondary N) is 1. The predicted molar refractivity (Wildman–Crippen MR) is 73.7 cm³/mol. The number of hydrogen-bond donors (Lipinski definition) is 1. The van der Waals surface area contributed by atoms with Gasteiger partial charge in [-0.2, -0.15) is 13.2 Å². The van der Waals surface area contributed by atoms with E-state index < -0.39 is 11.7 Å². The van der Waals surface area contributed by atoms with Crippen molar-refractivity contribution in [3.05, 3.63) is 34.9 Å². The number of halogens is 3. The molecule has 0 aliphatic rings. The molecule has 2 unspecified atom stereocenters. The third-order valence-electron chi connectivity index (χ3n) is 3.49. The molecule has 20 heavy (non-hydrogen) atoms. The normalized spacial score (nSPS) is 15.2. The largest absolute Gasteiger partial charge is 0.416 e. The van der Waals surface area contributed by atoms with Crippen LogP contribution < -0.4 is 5.32 Å². The number of methoxy groups -OCH3 is 1. The molecule has 114 valence electrons. The maximum Gasteiger partial charge on any atom is 0.416 e. The zero-order chi connectivity index (χ0) is 15.3. The molecule has 2 atom stereocenters. The number of alkyl halides is 3. The summed E-state index contributed by atoms with van der Waals surface area (Å²) in [6.45, 7) is 3.76. The van der Waals surface area contributed by atoms with Gasteiger partial charge in [-0.3, -0.25) is 0 Å². The number of ether oxygens (including phenoxy) is 1. The molecule has 0 radical (unpaired) electrons. The second-order valence-electron chi connectivity index (χ2n) is 4.90. The second kappa shape index (κ2) is 7.09. The summed E-state index contributed by atoms with van der Waals surface area (Å²) < 4.78 is 43.5. The average Bonchev–Trinajstić information content (AvgIpc) is 2.38. The summed E-state index contributed by atoms with van der Waals surface area (Å²) in [6.07, 6.45) is -2.55. The topological polar surface area (TPSA) is 21.3 Å². The van der Waals surface area contributed by atoms with Crippen LogP contribution in [0, 0.1) is 6.92 Å². The standard InChI is InChI=1S/C15H22F3NO/c1-5-6-13(20-4)14(19-3)12-8-7-11(9-10(12)2)15(16,17)18/h7-9,13-14,19H,5-6H2,1-4H3. The summed E-state index contributed by atoms with van der Waals surface area (Å²) in [5.74, 6) is 0. The zero-order valence-electron chi connectivity index (χ0n) is 12.3. The van der Waals surface area contributed by atoms with Crippen molar-refractivity contribution in [2.24, 2.45) is 0 Å². The maximum absolute atomic E-state index is 12.7. The van der Waals surface area contributed by atoms with Crippen LogP contribution in [0.3, 0.4) is 0 Å². The quantitative estimate of drug-likeness (QED) is 0.851. The van der Waals surface area contributed by atoms with E-state index in [9.17, 15) is 13.2 Å². The summed E-state index contributed by atoms with van der Waals surface area (Å²) >= 11 is 0. The van der Waals surface area contributed by atoms with Gasteiger partial charge in [-0.05, 0) is 43.7 Å². The van der Waals surface area contributed by atoms with E-state index in [1.807, 2.05) is 0 Å². The first-order valence-electron chi connectivity index (χ1n) is 6.72. The van der Waals surface area contributed by atoms with Gasteiger partial charge >= 0.3 is 6.18 Å². The Hall–Kier alpha value is -1.07. The molecule has 1 N–H and O–H groups in total. The number of benzene rings is 1. The van der Waals surface area contributed by atoms with Gasteiger partial charge in [-0.15, -0.1) is 0 Å². The Bertz CT molecular complexity index is 432. The van der Waals surface area contributed by atoms with Gasteiger partial charge in [0.1, 0.15) is 0 Å². The van der Waals surface area contributed by atoms with E-state index in [0.717, 1.165) is 24.5 Å². The summed E-state index contributed by atoms with van der Waals surface area (Å²) in [6, 6.07) is 3.76. The lowest BCUT2D eigenvalue weighted by Crippen LogP contribution is -2.31. The van der Waals surface area contributed by atoms with Crippen LogP contribution in [-0.2, 0) is 10.9 Å². The van der Waals surface area contributed by atoms with Gasteiger partial charge in [-0.1, -0.05) is 19.4 Å². The van der Waals surface area contributed by atoms with Crippen LogP contribution in [-0.4, -0.2) is 20.3 Å². The van der Waals surface area contributed by atoms with E-state index in [4.69, 9.17) is 4.74 Å². The fourth-order valence-electron chi connectivity index (χ4n) is 2.45. The molecule has 1 aromatic carbocycles. The van der Waals surface area contributed by atoms with Crippen molar-refractivity contribution in [1.82, 2.24) is 5.32 Å². The lowest BCUT2D eigenvalue weighted by atomic mass is 9.93. The monoisotopic (exact) mass is 289 g/mol. The SMILES string of the molecule is CCCC(OC)C(NC)c1ccc(C(F)(F)F)cc1C. The molecule has 0 saturated carbocycles. The van der Waals surface area contributed by atoms with Crippen molar-refractivity contribution >= 4 is 0 Å². The molecule has 0 saturated heterocycles. The summed E-state index contributed by atoms with van der Waals surface area (Å²) in [5.41, 5.74) is 0.858. The van der Waals surface area contributed by atoms with E-state index in [0.29, 0.717) is 5.56 Å². The van der Waals surface area contributed by atoms with Crippen molar-refractivity contribution in [1.29, 1.82) is 0 Å². The van der Waals surface area contributed by atoms with Crippen molar-refractivity contribution in [2.75, 3.05) is 14.2 Å². The highest BCUT2D eigenvalue weighted by Gasteiger charge is 2.31. The van der Waals surface area contributed by atoms with Gasteiger partial charge in [0, 0.05) is 7.11 Å². The first-order chi connectivity index (χ1) is 9.35. The van der Waals surface area contributed by atoms with Gasteiger partial charge in [0.2, 0.25) is 0 Å². The molecule has 0 bridgehead atoms. The number of aryl methyl sites for hydroxylation is 1. The smallest absolute Gasteiger partial charge is 0.379 e. The van der Waals surface area contributed by atoms with Crippen LogP contribution in [0.25, 0.3) is 0 Å². The molecule has 0 aliphatic carbocycles. The molecule has 1 rings (SSSR count). The van der Waals surface area contributed by atoms with Crippen molar-refractivity contribution < 1.29 is 17.9 Å². The third-order valence-corrected chi connectivity index (χ3v) is 3.49. The van der Waals surface area contributed by atoms with Crippen LogP contribution in [0.15, 0.2) is 18.2 Å². The molecule has 0 aromatic heterocycles. The molecule has 1 aromatic rings. The van der Waals surface area contributed by atoms with Gasteiger partial charge in [-0.25, -0.2) is 0 Å². The maximum atomic E-state index is 12.7. The Kier molecular flexibility index (Phi) is 6.02. The van der Waals surface area contributed by atoms with Crippen molar-refractivity contribution in [3.63, 3.8) is 0 Å². The van der Waals surface area contributed by atoms with Crippen LogP contribution in [0.4, 0.5) is 13.2 Å². The molecular weight excluding hydrogens is 267 g/mol. The van der Waals surface area contributed by atoms with Gasteiger partial charge in [0.05, 0.1) is 17.7 Å². The Morgan fingerprint density at radius 3 is 2.35 bits per heavy atom. The highest BCUT2D eigenvalue weighted by molar-refractivity contribution is 5.35. The molecular formula is C15H22F3NO. The molecule has 0 fully saturated rings. The lowest BCUT2D eigenvalue weighted by molar-refractivity contribution is -0.137. The third kappa shape index (κ3) is 3.96. The zero-order valence-corrected chi connectivity index (χ0v) is 12.3. The second-order valence-corrected chi connectivity index (χ2v) is 4.90. The summed E-state index contributed by atoms with van der Waals surface area (Å²) in [7, 11) is 3.42. The fourth-order valence-corrected chi connectivity index (χ4v) is 2.45. The Labute approximate surface area is 118 Å². The summed E-state index contributed by atoms with van der Waals surface area (Å²) in [5, 5.41) is 3.15. The minimum atomic E-state index is -4.30.